The summed E-state index contributed by atoms with van der Waals surface area (Å²) in [7, 11) is 6.83. The summed E-state index contributed by atoms with van der Waals surface area (Å²) in [5, 5.41) is 45.8. The van der Waals surface area contributed by atoms with Crippen LogP contribution in [0.25, 0.3) is 5.76 Å². The summed E-state index contributed by atoms with van der Waals surface area (Å²) in [6, 6.07) is 10.2. The molecule has 3 aliphatic rings. The van der Waals surface area contributed by atoms with E-state index in [0.29, 0.717) is 17.5 Å². The number of likely N-dealkylation sites (N-methyl/N-ethyl adjacent to an activating group) is 1. The average molecular weight is 548 g/mol. The molecule has 1 saturated carbocycles. The maximum absolute atomic E-state index is 14.1. The number of ketones is 2. The smallest absolute Gasteiger partial charge is 0.255 e. The minimum Gasteiger partial charge on any atom is -0.508 e. The number of aromatic hydroxyl groups is 1. The summed E-state index contributed by atoms with van der Waals surface area (Å²) in [5.74, 6) is -6.57. The molecule has 0 aromatic heterocycles. The molecule has 5 rings (SSSR count). The second-order valence-corrected chi connectivity index (χ2v) is 11.3. The third-order valence-electron chi connectivity index (χ3n) is 8.50. The third-order valence-corrected chi connectivity index (χ3v) is 8.50. The number of phenols is 1. The van der Waals surface area contributed by atoms with Gasteiger partial charge in [0, 0.05) is 43.3 Å². The molecule has 3 aliphatic carbocycles. The summed E-state index contributed by atoms with van der Waals surface area (Å²) in [6.45, 7) is 0. The number of nitrogens with zero attached hydrogens (tertiary/aromatic N) is 2. The number of benzene rings is 2. The van der Waals surface area contributed by atoms with Gasteiger partial charge in [0.25, 0.3) is 5.91 Å². The number of primary amides is 1. The number of phenolic OH excluding ortho intramolecular Hbond substituents is 1. The number of rotatable bonds is 5. The zero-order chi connectivity index (χ0) is 29.3. The molecule has 10 heteroatoms. The van der Waals surface area contributed by atoms with Crippen molar-refractivity contribution in [3.63, 3.8) is 0 Å². The van der Waals surface area contributed by atoms with Crippen LogP contribution in [0, 0.1) is 11.8 Å². The van der Waals surface area contributed by atoms with Gasteiger partial charge in [0.2, 0.25) is 5.78 Å². The quantitative estimate of drug-likeness (QED) is 0.350. The van der Waals surface area contributed by atoms with Gasteiger partial charge in [0.1, 0.15) is 22.8 Å². The highest BCUT2D eigenvalue weighted by Gasteiger charge is 2.64. The predicted octanol–water partition coefficient (Wildman–Crippen LogP) is 1.62. The molecule has 1 fully saturated rings. The second kappa shape index (κ2) is 9.50. The number of aliphatic hydroxyl groups is 3. The predicted molar refractivity (Wildman–Crippen MR) is 148 cm³/mol. The Morgan fingerprint density at radius 2 is 1.73 bits per heavy atom. The number of anilines is 1. The molecule has 2 aromatic rings. The molecule has 210 valence electrons. The van der Waals surface area contributed by atoms with Crippen LogP contribution in [0.5, 0.6) is 5.75 Å². The first-order valence-corrected chi connectivity index (χ1v) is 13.0. The van der Waals surface area contributed by atoms with Crippen LogP contribution in [-0.4, -0.2) is 82.6 Å². The third kappa shape index (κ3) is 3.82. The van der Waals surface area contributed by atoms with Crippen LogP contribution in [0.15, 0.2) is 53.3 Å². The Balaban J connectivity index is 1.73. The van der Waals surface area contributed by atoms with Gasteiger partial charge >= 0.3 is 0 Å². The lowest BCUT2D eigenvalue weighted by Gasteiger charge is -2.50. The van der Waals surface area contributed by atoms with Gasteiger partial charge in [-0.25, -0.2) is 0 Å². The minimum atomic E-state index is -2.66. The van der Waals surface area contributed by atoms with E-state index in [1.165, 1.54) is 4.90 Å². The van der Waals surface area contributed by atoms with Crippen molar-refractivity contribution >= 4 is 28.9 Å². The van der Waals surface area contributed by atoms with Crippen molar-refractivity contribution in [3.8, 4) is 5.75 Å². The molecule has 0 bridgehead atoms. The molecule has 0 spiro atoms. The van der Waals surface area contributed by atoms with Gasteiger partial charge in [-0.15, -0.1) is 0 Å². The van der Waals surface area contributed by atoms with Crippen molar-refractivity contribution in [1.29, 1.82) is 0 Å². The molecule has 0 heterocycles. The van der Waals surface area contributed by atoms with E-state index in [4.69, 9.17) is 5.73 Å². The fraction of sp³-hybridized carbons (Fsp3) is 0.367. The Morgan fingerprint density at radius 1 is 1.07 bits per heavy atom. The normalized spacial score (nSPS) is 26.0. The lowest BCUT2D eigenvalue weighted by molar-refractivity contribution is -0.153. The van der Waals surface area contributed by atoms with E-state index in [1.54, 1.807) is 14.1 Å². The number of Topliss-reactive ketones (excluding diaryl/α,β-unsaturated/α-hetero) is 2. The Morgan fingerprint density at radius 3 is 2.30 bits per heavy atom. The SMILES string of the molecule is CN(C)c1cc(Cc2ccccc2)c(O)c2c1CC1CC3C(N(C)C)C(=O)C(C(N)=O)=C(O)C3(O)C(=O)C1=C2O. The number of hydrogen-bond donors (Lipinski definition) is 5. The van der Waals surface area contributed by atoms with Gasteiger partial charge in [-0.3, -0.25) is 19.3 Å². The molecule has 0 saturated heterocycles. The summed E-state index contributed by atoms with van der Waals surface area (Å²) >= 11 is 0. The van der Waals surface area contributed by atoms with E-state index in [-0.39, 0.29) is 29.7 Å². The summed E-state index contributed by atoms with van der Waals surface area (Å²) in [4.78, 5) is 42.8. The molecule has 2 aromatic carbocycles. The van der Waals surface area contributed by atoms with Crippen LogP contribution in [0.1, 0.15) is 28.7 Å². The molecular weight excluding hydrogens is 514 g/mol. The van der Waals surface area contributed by atoms with Crippen LogP contribution < -0.4 is 10.6 Å². The van der Waals surface area contributed by atoms with Gasteiger partial charge in [0.05, 0.1) is 11.6 Å². The number of carbonyl (C=O) groups is 3. The van der Waals surface area contributed by atoms with Crippen molar-refractivity contribution in [1.82, 2.24) is 4.90 Å². The summed E-state index contributed by atoms with van der Waals surface area (Å²) < 4.78 is 0. The van der Waals surface area contributed by atoms with Crippen molar-refractivity contribution in [2.24, 2.45) is 17.6 Å². The number of fused-ring (bicyclic) bond motifs is 3. The highest BCUT2D eigenvalue weighted by molar-refractivity contribution is 6.24. The van der Waals surface area contributed by atoms with Gasteiger partial charge in [-0.2, -0.15) is 0 Å². The van der Waals surface area contributed by atoms with E-state index < -0.39 is 58.0 Å². The lowest BCUT2D eigenvalue weighted by Crippen LogP contribution is -2.65. The number of aliphatic hydroxyl groups excluding tert-OH is 2. The van der Waals surface area contributed by atoms with Crippen molar-refractivity contribution in [3.05, 3.63) is 75.6 Å². The Hall–Kier alpha value is -4.15. The Labute approximate surface area is 231 Å². The van der Waals surface area contributed by atoms with E-state index in [2.05, 4.69) is 0 Å². The molecule has 40 heavy (non-hydrogen) atoms. The average Bonchev–Trinajstić information content (AvgIpc) is 2.87. The van der Waals surface area contributed by atoms with Crippen molar-refractivity contribution in [2.45, 2.75) is 30.9 Å². The first kappa shape index (κ1) is 27.4. The molecular formula is C30H33N3O7. The molecule has 6 N–H and O–H groups in total. The Kier molecular flexibility index (Phi) is 6.51. The van der Waals surface area contributed by atoms with Crippen LogP contribution in [-0.2, 0) is 27.2 Å². The molecule has 0 radical (unpaired) electrons. The fourth-order valence-corrected chi connectivity index (χ4v) is 6.70. The zero-order valence-electron chi connectivity index (χ0n) is 22.8. The number of carbonyl (C=O) groups excluding carboxylic acids is 3. The van der Waals surface area contributed by atoms with E-state index in [1.807, 2.05) is 55.4 Å². The van der Waals surface area contributed by atoms with E-state index in [0.717, 1.165) is 11.3 Å². The van der Waals surface area contributed by atoms with Gasteiger partial charge in [0.15, 0.2) is 11.4 Å². The van der Waals surface area contributed by atoms with Crippen LogP contribution >= 0.6 is 0 Å². The molecule has 10 nitrogen and oxygen atoms in total. The number of hydrogen-bond acceptors (Lipinski definition) is 9. The highest BCUT2D eigenvalue weighted by Crippen LogP contribution is 2.54. The maximum Gasteiger partial charge on any atom is 0.255 e. The first-order chi connectivity index (χ1) is 18.8. The van der Waals surface area contributed by atoms with Crippen LogP contribution in [0.3, 0.4) is 0 Å². The molecule has 4 atom stereocenters. The van der Waals surface area contributed by atoms with Crippen LogP contribution in [0.4, 0.5) is 5.69 Å². The number of amides is 1. The molecule has 4 unspecified atom stereocenters. The second-order valence-electron chi connectivity index (χ2n) is 11.3. The zero-order valence-corrected chi connectivity index (χ0v) is 22.8. The first-order valence-electron chi connectivity index (χ1n) is 13.0. The molecule has 0 aliphatic heterocycles. The standard InChI is InChI=1S/C30H33N3O7/c1-32(2)19-13-16(10-14-8-6-5-7-9-14)24(34)21-17(19)11-15-12-18-23(33(3)4)26(36)22(29(31)39)28(38)30(18,40)27(37)20(15)25(21)35/h5-9,13,15,18,23,34-35,38,40H,10-12H2,1-4H3,(H2,31,39). The fourth-order valence-electron chi connectivity index (χ4n) is 6.70. The van der Waals surface area contributed by atoms with Crippen molar-refractivity contribution < 1.29 is 34.8 Å². The Bertz CT molecular complexity index is 1510. The minimum absolute atomic E-state index is 0.0468. The highest BCUT2D eigenvalue weighted by atomic mass is 16.3. The van der Waals surface area contributed by atoms with Gasteiger partial charge in [-0.05, 0) is 50.0 Å². The lowest BCUT2D eigenvalue weighted by atomic mass is 9.57. The van der Waals surface area contributed by atoms with Gasteiger partial charge in [-0.1, -0.05) is 30.3 Å². The van der Waals surface area contributed by atoms with E-state index >= 15 is 0 Å². The van der Waals surface area contributed by atoms with Crippen molar-refractivity contribution in [2.75, 3.05) is 33.1 Å². The monoisotopic (exact) mass is 547 g/mol. The summed E-state index contributed by atoms with van der Waals surface area (Å²) in [6.07, 6.45) is 0.650. The topological polar surface area (TPSA) is 165 Å². The van der Waals surface area contributed by atoms with Crippen LogP contribution in [0.2, 0.25) is 0 Å². The summed E-state index contributed by atoms with van der Waals surface area (Å²) in [5.41, 5.74) is 4.68. The molecule has 1 amide bonds. The van der Waals surface area contributed by atoms with E-state index in [9.17, 15) is 34.8 Å². The van der Waals surface area contributed by atoms with Gasteiger partial charge < -0.3 is 31.1 Å². The maximum atomic E-state index is 14.1. The largest absolute Gasteiger partial charge is 0.508 e. The number of nitrogens with two attached hydrogens (primary N) is 1.